The summed E-state index contributed by atoms with van der Waals surface area (Å²) in [5.41, 5.74) is -0.156. The summed E-state index contributed by atoms with van der Waals surface area (Å²) in [6.45, 7) is 2.18. The minimum atomic E-state index is -4.68. The quantitative estimate of drug-likeness (QED) is 0.374. The second-order valence-corrected chi connectivity index (χ2v) is 12.1. The van der Waals surface area contributed by atoms with Crippen molar-refractivity contribution in [2.45, 2.75) is 62.7 Å². The van der Waals surface area contributed by atoms with Gasteiger partial charge in [0.25, 0.3) is 11.8 Å². The first-order chi connectivity index (χ1) is 20.6. The van der Waals surface area contributed by atoms with E-state index < -0.39 is 41.2 Å². The first-order valence-corrected chi connectivity index (χ1v) is 15.0. The van der Waals surface area contributed by atoms with Crippen LogP contribution in [0.15, 0.2) is 47.3 Å². The van der Waals surface area contributed by atoms with Gasteiger partial charge in [0, 0.05) is 55.2 Å². The van der Waals surface area contributed by atoms with Crippen molar-refractivity contribution < 1.29 is 22.8 Å². The summed E-state index contributed by atoms with van der Waals surface area (Å²) in [7, 11) is 1.95. The van der Waals surface area contributed by atoms with E-state index in [2.05, 4.69) is 20.5 Å². The molecule has 1 saturated heterocycles. The smallest absolute Gasteiger partial charge is 0.379 e. The molecular weight excluding hydrogens is 559 g/mol. The fourth-order valence-electron chi connectivity index (χ4n) is 6.34. The average molecular weight is 596 g/mol. The molecule has 228 valence electrons. The largest absolute Gasteiger partial charge is 0.418 e. The molecule has 0 bridgehead atoms. The highest BCUT2D eigenvalue weighted by Crippen LogP contribution is 2.46. The number of carbonyl (C=O) groups is 2. The van der Waals surface area contributed by atoms with Crippen LogP contribution in [0.25, 0.3) is 10.9 Å². The molecule has 3 N–H and O–H groups in total. The topological polar surface area (TPSA) is 97.5 Å². The lowest BCUT2D eigenvalue weighted by atomic mass is 9.88. The number of H-pyrrole nitrogens is 1. The lowest BCUT2D eigenvalue weighted by Gasteiger charge is -2.36. The number of benzene rings is 2. The number of hydrogen-bond donors (Lipinski definition) is 3. The first-order valence-electron chi connectivity index (χ1n) is 15.0. The Labute approximate surface area is 247 Å². The van der Waals surface area contributed by atoms with E-state index in [9.17, 15) is 27.6 Å². The Hall–Kier alpha value is -3.86. The molecule has 3 fully saturated rings. The standard InChI is InChI=1S/C32H36F3N5O3/c1-39-12-14-40(15-13-39)31(43)23-16-20(19-10-11-19)17-24(32(33,34)35)29(23)37-26-8-4-5-9-27(26)38-30(42)22-18-28(41)36-25-7-3-2-6-21(22)25/h2-3,6-7,16-19,26-27,37H,4-5,8-15H2,1H3,(H,36,41)(H,38,42)/t26-,27+/m1/s1. The third kappa shape index (κ3) is 6.27. The van der Waals surface area contributed by atoms with Gasteiger partial charge >= 0.3 is 6.18 Å². The van der Waals surface area contributed by atoms with E-state index in [-0.39, 0.29) is 22.7 Å². The van der Waals surface area contributed by atoms with Crippen molar-refractivity contribution in [1.82, 2.24) is 20.1 Å². The van der Waals surface area contributed by atoms with Gasteiger partial charge in [-0.05, 0) is 62.4 Å². The lowest BCUT2D eigenvalue weighted by molar-refractivity contribution is -0.137. The Morgan fingerprint density at radius 1 is 0.907 bits per heavy atom. The van der Waals surface area contributed by atoms with Crippen LogP contribution in [0.1, 0.15) is 76.3 Å². The van der Waals surface area contributed by atoms with Gasteiger partial charge in [0.1, 0.15) is 0 Å². The van der Waals surface area contributed by atoms with Gasteiger partial charge in [-0.1, -0.05) is 31.0 Å². The van der Waals surface area contributed by atoms with Crippen molar-refractivity contribution in [3.63, 3.8) is 0 Å². The molecule has 1 aromatic heterocycles. The maximum Gasteiger partial charge on any atom is 0.418 e. The Kier molecular flexibility index (Phi) is 7.93. The Morgan fingerprint density at radius 3 is 2.30 bits per heavy atom. The monoisotopic (exact) mass is 595 g/mol. The van der Waals surface area contributed by atoms with Gasteiger partial charge in [-0.15, -0.1) is 0 Å². The van der Waals surface area contributed by atoms with Crippen LogP contribution in [0.3, 0.4) is 0 Å². The summed E-state index contributed by atoms with van der Waals surface area (Å²) in [6, 6.07) is 10.0. The number of nitrogens with zero attached hydrogens (tertiary/aromatic N) is 2. The molecule has 2 amide bonds. The molecule has 3 aromatic rings. The molecule has 6 rings (SSSR count). The number of aromatic amines is 1. The van der Waals surface area contributed by atoms with E-state index >= 15 is 0 Å². The van der Waals surface area contributed by atoms with Crippen LogP contribution in [-0.2, 0) is 6.18 Å². The highest BCUT2D eigenvalue weighted by atomic mass is 19.4. The molecule has 3 aliphatic rings. The van der Waals surface area contributed by atoms with Crippen LogP contribution in [0, 0.1) is 0 Å². The van der Waals surface area contributed by atoms with Crippen LogP contribution in [0.4, 0.5) is 18.9 Å². The molecular formula is C32H36F3N5O3. The van der Waals surface area contributed by atoms with Crippen molar-refractivity contribution in [1.29, 1.82) is 0 Å². The number of para-hydroxylation sites is 1. The predicted octanol–water partition coefficient (Wildman–Crippen LogP) is 4.97. The molecule has 8 nitrogen and oxygen atoms in total. The summed E-state index contributed by atoms with van der Waals surface area (Å²) >= 11 is 0. The number of piperazine rings is 1. The second-order valence-electron chi connectivity index (χ2n) is 12.1. The van der Waals surface area contributed by atoms with E-state index in [1.807, 2.05) is 7.05 Å². The van der Waals surface area contributed by atoms with Crippen LogP contribution in [-0.4, -0.2) is 71.9 Å². The molecule has 11 heteroatoms. The van der Waals surface area contributed by atoms with Gasteiger partial charge in [0.2, 0.25) is 5.56 Å². The number of anilines is 1. The van der Waals surface area contributed by atoms with Gasteiger partial charge in [0.05, 0.1) is 22.4 Å². The van der Waals surface area contributed by atoms with Crippen molar-refractivity contribution in [3.05, 3.63) is 75.1 Å². The fourth-order valence-corrected chi connectivity index (χ4v) is 6.34. The third-order valence-corrected chi connectivity index (χ3v) is 8.94. The molecule has 43 heavy (non-hydrogen) atoms. The number of likely N-dealkylation sites (N-methyl/N-ethyl adjacent to an activating group) is 1. The molecule has 2 saturated carbocycles. The second kappa shape index (κ2) is 11.7. The number of pyridine rings is 1. The van der Waals surface area contributed by atoms with Crippen molar-refractivity contribution in [2.24, 2.45) is 0 Å². The summed E-state index contributed by atoms with van der Waals surface area (Å²) in [6.07, 6.45) is -0.444. The van der Waals surface area contributed by atoms with E-state index in [0.29, 0.717) is 55.5 Å². The van der Waals surface area contributed by atoms with Gasteiger partial charge in [0.15, 0.2) is 0 Å². The third-order valence-electron chi connectivity index (χ3n) is 8.94. The van der Waals surface area contributed by atoms with Crippen molar-refractivity contribution >= 4 is 28.4 Å². The zero-order chi connectivity index (χ0) is 30.3. The normalized spacial score (nSPS) is 21.5. The molecule has 1 aliphatic heterocycles. The summed E-state index contributed by atoms with van der Waals surface area (Å²) in [4.78, 5) is 46.1. The number of halogens is 3. The molecule has 0 radical (unpaired) electrons. The minimum Gasteiger partial charge on any atom is -0.379 e. The van der Waals surface area contributed by atoms with Crippen LogP contribution in [0.5, 0.6) is 0 Å². The van der Waals surface area contributed by atoms with Gasteiger partial charge < -0.3 is 25.4 Å². The number of carbonyl (C=O) groups excluding carboxylic acids is 2. The van der Waals surface area contributed by atoms with E-state index in [1.165, 1.54) is 12.1 Å². The maximum absolute atomic E-state index is 14.6. The zero-order valence-corrected chi connectivity index (χ0v) is 24.1. The van der Waals surface area contributed by atoms with Crippen molar-refractivity contribution in [3.8, 4) is 0 Å². The molecule has 0 unspecified atom stereocenters. The molecule has 2 atom stereocenters. The minimum absolute atomic E-state index is 0.0275. The van der Waals surface area contributed by atoms with Gasteiger partial charge in [-0.2, -0.15) is 13.2 Å². The Morgan fingerprint density at radius 2 is 1.60 bits per heavy atom. The number of hydrogen-bond acceptors (Lipinski definition) is 5. The highest BCUT2D eigenvalue weighted by Gasteiger charge is 2.40. The number of fused-ring (bicyclic) bond motifs is 1. The van der Waals surface area contributed by atoms with Crippen molar-refractivity contribution in [2.75, 3.05) is 38.5 Å². The average Bonchev–Trinajstić information content (AvgIpc) is 3.83. The van der Waals surface area contributed by atoms with Crippen LogP contribution >= 0.6 is 0 Å². The van der Waals surface area contributed by atoms with Crippen LogP contribution < -0.4 is 16.2 Å². The van der Waals surface area contributed by atoms with Gasteiger partial charge in [-0.3, -0.25) is 14.4 Å². The number of alkyl halides is 3. The number of nitrogens with one attached hydrogen (secondary N) is 3. The van der Waals surface area contributed by atoms with Crippen LogP contribution in [0.2, 0.25) is 0 Å². The zero-order valence-electron chi connectivity index (χ0n) is 24.1. The maximum atomic E-state index is 14.6. The molecule has 2 heterocycles. The van der Waals surface area contributed by atoms with E-state index in [1.54, 1.807) is 35.2 Å². The number of rotatable bonds is 6. The lowest BCUT2D eigenvalue weighted by Crippen LogP contribution is -2.49. The van der Waals surface area contributed by atoms with E-state index in [4.69, 9.17) is 0 Å². The summed E-state index contributed by atoms with van der Waals surface area (Å²) in [5, 5.41) is 6.72. The Bertz CT molecular complexity index is 1590. The summed E-state index contributed by atoms with van der Waals surface area (Å²) < 4.78 is 43.9. The van der Waals surface area contributed by atoms with E-state index in [0.717, 1.165) is 25.7 Å². The molecule has 2 aromatic carbocycles. The highest BCUT2D eigenvalue weighted by molar-refractivity contribution is 6.06. The summed E-state index contributed by atoms with van der Waals surface area (Å²) in [5.74, 6) is -0.843. The molecule has 2 aliphatic carbocycles. The molecule has 0 spiro atoms. The fraction of sp³-hybridized carbons (Fsp3) is 0.469. The predicted molar refractivity (Wildman–Crippen MR) is 159 cm³/mol. The number of amides is 2. The number of aromatic nitrogens is 1. The Balaban J connectivity index is 1.34. The SMILES string of the molecule is CN1CCN(C(=O)c2cc(C3CC3)cc(C(F)(F)F)c2N[C@@H]2CCCC[C@@H]2NC(=O)c2cc(=O)[nH]c3ccccc23)CC1. The first kappa shape index (κ1) is 29.2. The van der Waals surface area contributed by atoms with Gasteiger partial charge in [-0.25, -0.2) is 0 Å².